The van der Waals surface area contributed by atoms with Gasteiger partial charge in [-0.1, -0.05) is 0 Å². The summed E-state index contributed by atoms with van der Waals surface area (Å²) >= 11 is 0. The van der Waals surface area contributed by atoms with Gasteiger partial charge in [0, 0.05) is 18.9 Å². The second-order valence-corrected chi connectivity index (χ2v) is 4.33. The summed E-state index contributed by atoms with van der Waals surface area (Å²) in [4.78, 5) is 10.7. The van der Waals surface area contributed by atoms with Crippen LogP contribution in [-0.4, -0.2) is 16.1 Å². The van der Waals surface area contributed by atoms with E-state index in [1.54, 1.807) is 12.1 Å². The first-order valence-electron chi connectivity index (χ1n) is 6.37. The Morgan fingerprint density at radius 2 is 2.20 bits per heavy atom. The van der Waals surface area contributed by atoms with Gasteiger partial charge in [-0.05, 0) is 31.2 Å². The van der Waals surface area contributed by atoms with Crippen LogP contribution in [-0.2, 0) is 13.6 Å². The fraction of sp³-hybridized carbons (Fsp3) is 0.286. The van der Waals surface area contributed by atoms with Crippen molar-refractivity contribution in [1.82, 2.24) is 4.57 Å². The van der Waals surface area contributed by atoms with E-state index in [4.69, 9.17) is 4.74 Å². The van der Waals surface area contributed by atoms with Gasteiger partial charge >= 0.3 is 0 Å². The van der Waals surface area contributed by atoms with Gasteiger partial charge in [0.15, 0.2) is 0 Å². The minimum absolute atomic E-state index is 0.0187. The summed E-state index contributed by atoms with van der Waals surface area (Å²) in [6.07, 6.45) is 1.93. The van der Waals surface area contributed by atoms with E-state index >= 15 is 0 Å². The summed E-state index contributed by atoms with van der Waals surface area (Å²) in [5.41, 5.74) is 1.55. The Morgan fingerprint density at radius 1 is 1.40 bits per heavy atom. The fourth-order valence-corrected chi connectivity index (χ4v) is 1.93. The Kier molecular flexibility index (Phi) is 4.24. The Morgan fingerprint density at radius 3 is 2.80 bits per heavy atom. The average molecular weight is 275 g/mol. The highest BCUT2D eigenvalue weighted by Gasteiger charge is 2.15. The zero-order valence-electron chi connectivity index (χ0n) is 11.5. The number of benzene rings is 1. The maximum Gasteiger partial charge on any atom is 0.296 e. The summed E-state index contributed by atoms with van der Waals surface area (Å²) in [5, 5.41) is 14.2. The van der Waals surface area contributed by atoms with Gasteiger partial charge in [-0.3, -0.25) is 10.1 Å². The predicted octanol–water partition coefficient (Wildman–Crippen LogP) is 2.94. The van der Waals surface area contributed by atoms with E-state index in [2.05, 4.69) is 5.32 Å². The second kappa shape index (κ2) is 6.10. The summed E-state index contributed by atoms with van der Waals surface area (Å²) < 4.78 is 7.25. The molecule has 1 heterocycles. The molecule has 1 aromatic carbocycles. The monoisotopic (exact) mass is 275 g/mol. The van der Waals surface area contributed by atoms with Gasteiger partial charge in [0.25, 0.3) is 5.69 Å². The lowest BCUT2D eigenvalue weighted by atomic mass is 10.2. The van der Waals surface area contributed by atoms with Crippen LogP contribution in [0.5, 0.6) is 5.75 Å². The molecular formula is C14H17N3O3. The van der Waals surface area contributed by atoms with E-state index in [9.17, 15) is 10.1 Å². The molecule has 20 heavy (non-hydrogen) atoms. The SMILES string of the molecule is CCOc1ccc(NCc2cccn2C)c([N+](=O)[O-])c1. The summed E-state index contributed by atoms with van der Waals surface area (Å²) in [7, 11) is 1.93. The van der Waals surface area contributed by atoms with Crippen molar-refractivity contribution in [2.75, 3.05) is 11.9 Å². The van der Waals surface area contributed by atoms with Crippen molar-refractivity contribution in [3.63, 3.8) is 0 Å². The van der Waals surface area contributed by atoms with Gasteiger partial charge in [0.05, 0.1) is 24.1 Å². The maximum absolute atomic E-state index is 11.1. The van der Waals surface area contributed by atoms with E-state index in [-0.39, 0.29) is 5.69 Å². The zero-order valence-corrected chi connectivity index (χ0v) is 11.5. The van der Waals surface area contributed by atoms with Crippen LogP contribution in [0, 0.1) is 10.1 Å². The molecule has 0 saturated heterocycles. The minimum atomic E-state index is -0.407. The van der Waals surface area contributed by atoms with Crippen LogP contribution < -0.4 is 10.1 Å². The van der Waals surface area contributed by atoms with Crippen molar-refractivity contribution < 1.29 is 9.66 Å². The van der Waals surface area contributed by atoms with E-state index in [0.29, 0.717) is 24.6 Å². The number of aryl methyl sites for hydroxylation is 1. The number of anilines is 1. The number of nitro benzene ring substituents is 1. The molecule has 1 N–H and O–H groups in total. The van der Waals surface area contributed by atoms with E-state index in [1.807, 2.05) is 36.9 Å². The van der Waals surface area contributed by atoms with Gasteiger partial charge in [-0.2, -0.15) is 0 Å². The highest BCUT2D eigenvalue weighted by atomic mass is 16.6. The number of hydrogen-bond acceptors (Lipinski definition) is 4. The average Bonchev–Trinajstić information content (AvgIpc) is 2.83. The van der Waals surface area contributed by atoms with Gasteiger partial charge in [-0.25, -0.2) is 0 Å². The van der Waals surface area contributed by atoms with Crippen LogP contribution in [0.3, 0.4) is 0 Å². The topological polar surface area (TPSA) is 69.3 Å². The van der Waals surface area contributed by atoms with Crippen LogP contribution in [0.1, 0.15) is 12.6 Å². The van der Waals surface area contributed by atoms with E-state index in [0.717, 1.165) is 5.69 Å². The van der Waals surface area contributed by atoms with Crippen molar-refractivity contribution in [1.29, 1.82) is 0 Å². The summed E-state index contributed by atoms with van der Waals surface area (Å²) in [6, 6.07) is 8.74. The van der Waals surface area contributed by atoms with Crippen molar-refractivity contribution >= 4 is 11.4 Å². The lowest BCUT2D eigenvalue weighted by Crippen LogP contribution is -2.06. The smallest absolute Gasteiger partial charge is 0.296 e. The molecule has 0 radical (unpaired) electrons. The largest absolute Gasteiger partial charge is 0.494 e. The number of hydrogen-bond donors (Lipinski definition) is 1. The Balaban J connectivity index is 2.18. The molecule has 0 atom stereocenters. The van der Waals surface area contributed by atoms with Crippen molar-refractivity contribution in [3.05, 3.63) is 52.3 Å². The number of nitrogens with zero attached hydrogens (tertiary/aromatic N) is 2. The summed E-state index contributed by atoms with van der Waals surface area (Å²) in [5.74, 6) is 0.503. The minimum Gasteiger partial charge on any atom is -0.494 e. The molecule has 0 aliphatic carbocycles. The molecule has 0 aliphatic rings. The van der Waals surface area contributed by atoms with Crippen molar-refractivity contribution in [2.24, 2.45) is 7.05 Å². The molecule has 6 nitrogen and oxygen atoms in total. The molecule has 1 aromatic heterocycles. The Hall–Kier alpha value is -2.50. The standard InChI is InChI=1S/C14H17N3O3/c1-3-20-12-6-7-13(14(9-12)17(18)19)15-10-11-5-4-8-16(11)2/h4-9,15H,3,10H2,1-2H3. The molecule has 106 valence electrons. The van der Waals surface area contributed by atoms with Crippen molar-refractivity contribution in [3.8, 4) is 5.75 Å². The number of nitrogens with one attached hydrogen (secondary N) is 1. The molecule has 0 fully saturated rings. The Labute approximate surface area is 117 Å². The van der Waals surface area contributed by atoms with Gasteiger partial charge in [0.2, 0.25) is 0 Å². The first-order chi connectivity index (χ1) is 9.61. The highest BCUT2D eigenvalue weighted by molar-refractivity contribution is 5.63. The summed E-state index contributed by atoms with van der Waals surface area (Å²) in [6.45, 7) is 2.85. The normalized spacial score (nSPS) is 10.3. The van der Waals surface area contributed by atoms with Crippen molar-refractivity contribution in [2.45, 2.75) is 13.5 Å². The van der Waals surface area contributed by atoms with Crippen LogP contribution in [0.2, 0.25) is 0 Å². The van der Waals surface area contributed by atoms with Gasteiger partial charge in [-0.15, -0.1) is 0 Å². The van der Waals surface area contributed by atoms with E-state index < -0.39 is 4.92 Å². The third-order valence-corrected chi connectivity index (χ3v) is 2.99. The first-order valence-corrected chi connectivity index (χ1v) is 6.37. The predicted molar refractivity (Wildman–Crippen MR) is 77.0 cm³/mol. The molecule has 2 rings (SSSR count). The zero-order chi connectivity index (χ0) is 14.5. The first kappa shape index (κ1) is 13.9. The molecule has 0 spiro atoms. The number of nitro groups is 1. The van der Waals surface area contributed by atoms with Crippen LogP contribution in [0.4, 0.5) is 11.4 Å². The number of aromatic nitrogens is 1. The maximum atomic E-state index is 11.1. The second-order valence-electron chi connectivity index (χ2n) is 4.33. The molecule has 0 aliphatic heterocycles. The third kappa shape index (κ3) is 3.09. The van der Waals surface area contributed by atoms with E-state index in [1.165, 1.54) is 6.07 Å². The van der Waals surface area contributed by atoms with Gasteiger partial charge in [0.1, 0.15) is 11.4 Å². The molecule has 2 aromatic rings. The quantitative estimate of drug-likeness (QED) is 0.650. The lowest BCUT2D eigenvalue weighted by molar-refractivity contribution is -0.384. The highest BCUT2D eigenvalue weighted by Crippen LogP contribution is 2.29. The third-order valence-electron chi connectivity index (χ3n) is 2.99. The molecule has 0 bridgehead atoms. The Bertz CT molecular complexity index is 607. The lowest BCUT2D eigenvalue weighted by Gasteiger charge is -2.09. The molecule has 6 heteroatoms. The molecule has 0 unspecified atom stereocenters. The van der Waals surface area contributed by atoms with Crippen LogP contribution >= 0.6 is 0 Å². The number of rotatable bonds is 6. The number of ether oxygens (including phenoxy) is 1. The van der Waals surface area contributed by atoms with Gasteiger partial charge < -0.3 is 14.6 Å². The molecule has 0 amide bonds. The van der Waals surface area contributed by atoms with Crippen LogP contribution in [0.15, 0.2) is 36.5 Å². The molecular weight excluding hydrogens is 258 g/mol. The molecule has 0 saturated carbocycles. The fourth-order valence-electron chi connectivity index (χ4n) is 1.93. The van der Waals surface area contributed by atoms with Crippen LogP contribution in [0.25, 0.3) is 0 Å².